The van der Waals surface area contributed by atoms with Gasteiger partial charge in [-0.2, -0.15) is 0 Å². The molecule has 0 aromatic carbocycles. The number of aliphatic hydroxyl groups is 1. The topological polar surface area (TPSA) is 48.7 Å². The minimum Gasteiger partial charge on any atom is -0.395 e. The zero-order chi connectivity index (χ0) is 13.5. The van der Waals surface area contributed by atoms with Gasteiger partial charge in [-0.05, 0) is 25.6 Å². The molecule has 0 spiro atoms. The summed E-state index contributed by atoms with van der Waals surface area (Å²) in [5.74, 6) is 0. The average molecular weight is 265 g/mol. The minimum atomic E-state index is 0.0687. The van der Waals surface area contributed by atoms with Crippen LogP contribution in [0.15, 0.2) is 29.2 Å². The molecule has 2 heterocycles. The van der Waals surface area contributed by atoms with Gasteiger partial charge in [-0.25, -0.2) is 0 Å². The van der Waals surface area contributed by atoms with Crippen LogP contribution in [-0.4, -0.2) is 65.3 Å². The second-order valence-corrected chi connectivity index (χ2v) is 4.99. The number of hydrogen-bond donors (Lipinski definition) is 1. The first-order valence-corrected chi connectivity index (χ1v) is 7.00. The number of hydrogen-bond acceptors (Lipinski definition) is 4. The van der Waals surface area contributed by atoms with Crippen LogP contribution in [0, 0.1) is 0 Å². The second kappa shape index (κ2) is 7.43. The molecule has 2 rings (SSSR count). The molecule has 106 valence electrons. The number of nitrogens with zero attached hydrogens (tertiary/aromatic N) is 3. The Morgan fingerprint density at radius 3 is 2.42 bits per heavy atom. The summed E-state index contributed by atoms with van der Waals surface area (Å²) < 4.78 is 1.76. The number of aromatic nitrogens is 1. The first-order valence-electron chi connectivity index (χ1n) is 7.00. The van der Waals surface area contributed by atoms with E-state index in [2.05, 4.69) is 9.80 Å². The number of β-amino-alcohol motifs (C(OH)–C–C–N with tert-alkyl or cyclic N) is 1. The van der Waals surface area contributed by atoms with E-state index >= 15 is 0 Å². The Balaban J connectivity index is 1.80. The Kier molecular flexibility index (Phi) is 5.57. The monoisotopic (exact) mass is 265 g/mol. The Bertz CT molecular complexity index is 433. The van der Waals surface area contributed by atoms with Gasteiger partial charge in [-0.15, -0.1) is 0 Å². The molecule has 0 amide bonds. The summed E-state index contributed by atoms with van der Waals surface area (Å²) in [6.07, 6.45) is 2.97. The van der Waals surface area contributed by atoms with Crippen molar-refractivity contribution in [2.75, 3.05) is 45.9 Å². The van der Waals surface area contributed by atoms with E-state index in [0.29, 0.717) is 0 Å². The minimum absolute atomic E-state index is 0.0687. The fraction of sp³-hybridized carbons (Fsp3) is 0.643. The molecule has 19 heavy (non-hydrogen) atoms. The third-order valence-electron chi connectivity index (χ3n) is 3.65. The summed E-state index contributed by atoms with van der Waals surface area (Å²) in [7, 11) is 0. The molecule has 0 aliphatic carbocycles. The number of aliphatic hydroxyl groups excluding tert-OH is 1. The van der Waals surface area contributed by atoms with Gasteiger partial charge in [0.1, 0.15) is 0 Å². The lowest BCUT2D eigenvalue weighted by Crippen LogP contribution is -2.35. The Hall–Kier alpha value is -1.17. The average Bonchev–Trinajstić information content (AvgIpc) is 2.64. The fourth-order valence-corrected chi connectivity index (χ4v) is 2.51. The first kappa shape index (κ1) is 14.2. The van der Waals surface area contributed by atoms with E-state index < -0.39 is 0 Å². The predicted molar refractivity (Wildman–Crippen MR) is 75.3 cm³/mol. The molecule has 0 saturated carbocycles. The van der Waals surface area contributed by atoms with E-state index in [1.165, 1.54) is 0 Å². The molecule has 5 nitrogen and oxygen atoms in total. The van der Waals surface area contributed by atoms with Crippen molar-refractivity contribution < 1.29 is 5.11 Å². The van der Waals surface area contributed by atoms with Crippen LogP contribution >= 0.6 is 0 Å². The maximum atomic E-state index is 11.6. The van der Waals surface area contributed by atoms with Gasteiger partial charge in [0.2, 0.25) is 0 Å². The number of pyridine rings is 1. The summed E-state index contributed by atoms with van der Waals surface area (Å²) in [5, 5.41) is 8.97. The Morgan fingerprint density at radius 1 is 1.00 bits per heavy atom. The Morgan fingerprint density at radius 2 is 1.74 bits per heavy atom. The van der Waals surface area contributed by atoms with Crippen molar-refractivity contribution in [3.63, 3.8) is 0 Å². The summed E-state index contributed by atoms with van der Waals surface area (Å²) in [6, 6.07) is 5.27. The van der Waals surface area contributed by atoms with Crippen molar-refractivity contribution in [3.05, 3.63) is 34.7 Å². The maximum Gasteiger partial charge on any atom is 0.250 e. The highest BCUT2D eigenvalue weighted by atomic mass is 16.3. The SMILES string of the molecule is O=c1ccccn1CCN1CCCN(CCO)CC1. The van der Waals surface area contributed by atoms with Crippen LogP contribution in [0.3, 0.4) is 0 Å². The normalized spacial score (nSPS) is 18.4. The third-order valence-corrected chi connectivity index (χ3v) is 3.65. The van der Waals surface area contributed by atoms with Crippen molar-refractivity contribution in [2.24, 2.45) is 0 Å². The zero-order valence-corrected chi connectivity index (χ0v) is 11.4. The largest absolute Gasteiger partial charge is 0.395 e. The third kappa shape index (κ3) is 4.45. The molecule has 1 fully saturated rings. The lowest BCUT2D eigenvalue weighted by molar-refractivity contribution is 0.196. The van der Waals surface area contributed by atoms with E-state index in [-0.39, 0.29) is 12.2 Å². The predicted octanol–water partition coefficient (Wildman–Crippen LogP) is -0.152. The van der Waals surface area contributed by atoms with Crippen molar-refractivity contribution in [3.8, 4) is 0 Å². The molecule has 1 saturated heterocycles. The van der Waals surface area contributed by atoms with Crippen molar-refractivity contribution in [1.29, 1.82) is 0 Å². The molecular weight excluding hydrogens is 242 g/mol. The fourth-order valence-electron chi connectivity index (χ4n) is 2.51. The molecule has 0 unspecified atom stereocenters. The highest BCUT2D eigenvalue weighted by Gasteiger charge is 2.13. The van der Waals surface area contributed by atoms with E-state index in [9.17, 15) is 4.79 Å². The van der Waals surface area contributed by atoms with E-state index in [1.807, 2.05) is 12.3 Å². The smallest absolute Gasteiger partial charge is 0.250 e. The van der Waals surface area contributed by atoms with Crippen LogP contribution in [-0.2, 0) is 6.54 Å². The van der Waals surface area contributed by atoms with Gasteiger partial charge in [-0.3, -0.25) is 9.69 Å². The summed E-state index contributed by atoms with van der Waals surface area (Å²) in [6.45, 7) is 6.82. The van der Waals surface area contributed by atoms with Crippen LogP contribution < -0.4 is 5.56 Å². The maximum absolute atomic E-state index is 11.6. The van der Waals surface area contributed by atoms with Gasteiger partial charge in [0.25, 0.3) is 5.56 Å². The van der Waals surface area contributed by atoms with Gasteiger partial charge < -0.3 is 14.6 Å². The van der Waals surface area contributed by atoms with Gasteiger partial charge in [0.15, 0.2) is 0 Å². The van der Waals surface area contributed by atoms with E-state index in [4.69, 9.17) is 5.11 Å². The molecule has 0 bridgehead atoms. The highest BCUT2D eigenvalue weighted by molar-refractivity contribution is 4.93. The molecule has 1 aromatic rings. The Labute approximate surface area is 114 Å². The zero-order valence-electron chi connectivity index (χ0n) is 11.4. The van der Waals surface area contributed by atoms with Gasteiger partial charge >= 0.3 is 0 Å². The molecule has 1 N–H and O–H groups in total. The summed E-state index contributed by atoms with van der Waals surface area (Å²) in [5.41, 5.74) is 0.0687. The van der Waals surface area contributed by atoms with E-state index in [1.54, 1.807) is 16.7 Å². The molecule has 0 radical (unpaired) electrons. The number of rotatable bonds is 5. The van der Waals surface area contributed by atoms with Gasteiger partial charge in [0, 0.05) is 45.0 Å². The lowest BCUT2D eigenvalue weighted by Gasteiger charge is -2.21. The van der Waals surface area contributed by atoms with Crippen molar-refractivity contribution >= 4 is 0 Å². The molecular formula is C14H23N3O2. The van der Waals surface area contributed by atoms with Crippen LogP contribution in [0.5, 0.6) is 0 Å². The van der Waals surface area contributed by atoms with Crippen LogP contribution in [0.25, 0.3) is 0 Å². The molecule has 0 atom stereocenters. The molecule has 1 aliphatic rings. The summed E-state index contributed by atoms with van der Waals surface area (Å²) in [4.78, 5) is 16.3. The molecule has 1 aliphatic heterocycles. The van der Waals surface area contributed by atoms with Gasteiger partial charge in [-0.1, -0.05) is 6.07 Å². The van der Waals surface area contributed by atoms with Crippen molar-refractivity contribution in [2.45, 2.75) is 13.0 Å². The lowest BCUT2D eigenvalue weighted by atomic mass is 10.3. The first-order chi connectivity index (χ1) is 9.29. The van der Waals surface area contributed by atoms with Crippen LogP contribution in [0.4, 0.5) is 0 Å². The van der Waals surface area contributed by atoms with E-state index in [0.717, 1.165) is 52.2 Å². The molecule has 5 heteroatoms. The summed E-state index contributed by atoms with van der Waals surface area (Å²) >= 11 is 0. The van der Waals surface area contributed by atoms with Crippen LogP contribution in [0.2, 0.25) is 0 Å². The van der Waals surface area contributed by atoms with Gasteiger partial charge in [0.05, 0.1) is 6.61 Å². The van der Waals surface area contributed by atoms with Crippen LogP contribution in [0.1, 0.15) is 6.42 Å². The standard InChI is InChI=1S/C14H23N3O2/c18-13-12-16-6-3-5-15(8-9-16)10-11-17-7-2-1-4-14(17)19/h1-2,4,7,18H,3,5-6,8-13H2. The van der Waals surface area contributed by atoms with Crippen molar-refractivity contribution in [1.82, 2.24) is 14.4 Å². The molecule has 1 aromatic heterocycles. The second-order valence-electron chi connectivity index (χ2n) is 4.99. The highest BCUT2D eigenvalue weighted by Crippen LogP contribution is 2.02. The quantitative estimate of drug-likeness (QED) is 0.804.